The summed E-state index contributed by atoms with van der Waals surface area (Å²) in [5, 5.41) is 19.4. The normalized spacial score (nSPS) is 11.9. The Morgan fingerprint density at radius 1 is 0.683 bits per heavy atom. The van der Waals surface area contributed by atoms with E-state index in [4.69, 9.17) is 10.2 Å². The Morgan fingerprint density at radius 2 is 1.15 bits per heavy atom. The first-order valence-corrected chi connectivity index (χ1v) is 14.4. The first-order chi connectivity index (χ1) is 20.0. The molecule has 1 aliphatic rings. The maximum atomic E-state index is 9.55. The molecule has 7 heteroatoms. The fourth-order valence-corrected chi connectivity index (χ4v) is 5.83. The molecule has 0 unspecified atom stereocenters. The van der Waals surface area contributed by atoms with Gasteiger partial charge in [-0.3, -0.25) is 0 Å². The Hall–Kier alpha value is -4.33. The van der Waals surface area contributed by atoms with Crippen molar-refractivity contribution in [2.45, 2.75) is 28.6 Å². The molecule has 1 heterocycles. The third kappa shape index (κ3) is 8.83. The van der Waals surface area contributed by atoms with Crippen LogP contribution in [-0.4, -0.2) is 41.8 Å². The van der Waals surface area contributed by atoms with Crippen molar-refractivity contribution in [3.05, 3.63) is 132 Å². The molecule has 0 aromatic heterocycles. The Kier molecular flexibility index (Phi) is 11.2. The van der Waals surface area contributed by atoms with E-state index < -0.39 is 11.9 Å². The summed E-state index contributed by atoms with van der Waals surface area (Å²) in [5.41, 5.74) is 5.41. The smallest absolute Gasteiger partial charge is 0.328 e. The first kappa shape index (κ1) is 29.6. The van der Waals surface area contributed by atoms with Crippen LogP contribution < -0.4 is 10.2 Å². The highest BCUT2D eigenvalue weighted by molar-refractivity contribution is 7.99. The molecule has 0 amide bonds. The van der Waals surface area contributed by atoms with Crippen LogP contribution in [0, 0.1) is 0 Å². The molecule has 0 fully saturated rings. The van der Waals surface area contributed by atoms with E-state index in [1.54, 1.807) is 0 Å². The van der Waals surface area contributed by atoms with Gasteiger partial charge in [0.1, 0.15) is 0 Å². The Labute approximate surface area is 245 Å². The average molecular weight is 567 g/mol. The SMILES string of the molecule is O=C(O)/C=C\C(=O)O.c1ccc(C(CNCCCCN2c3ccccc3Sc3ccccc32)c2ccccc2)cc1. The lowest BCUT2D eigenvalue weighted by Gasteiger charge is -2.32. The monoisotopic (exact) mass is 566 g/mol. The van der Waals surface area contributed by atoms with Gasteiger partial charge in [-0.2, -0.15) is 0 Å². The van der Waals surface area contributed by atoms with Crippen molar-refractivity contribution < 1.29 is 19.8 Å². The number of hydrogen-bond acceptors (Lipinski definition) is 5. The van der Waals surface area contributed by atoms with Crippen LogP contribution in [0.25, 0.3) is 0 Å². The summed E-state index contributed by atoms with van der Waals surface area (Å²) in [4.78, 5) is 24.3. The van der Waals surface area contributed by atoms with Crippen molar-refractivity contribution in [2.24, 2.45) is 0 Å². The highest BCUT2D eigenvalue weighted by Crippen LogP contribution is 2.47. The van der Waals surface area contributed by atoms with Gasteiger partial charge in [0.15, 0.2) is 0 Å². The maximum absolute atomic E-state index is 9.55. The molecule has 0 aliphatic carbocycles. The van der Waals surface area contributed by atoms with Crippen LogP contribution >= 0.6 is 11.8 Å². The van der Waals surface area contributed by atoms with E-state index in [1.165, 1.54) is 32.3 Å². The van der Waals surface area contributed by atoms with Crippen LogP contribution in [0.3, 0.4) is 0 Å². The van der Waals surface area contributed by atoms with Gasteiger partial charge in [-0.1, -0.05) is 96.7 Å². The number of hydrogen-bond donors (Lipinski definition) is 3. The lowest BCUT2D eigenvalue weighted by Crippen LogP contribution is -2.25. The molecule has 0 spiro atoms. The summed E-state index contributed by atoms with van der Waals surface area (Å²) in [6.07, 6.45) is 3.43. The molecule has 0 atom stereocenters. The molecular weight excluding hydrogens is 532 g/mol. The number of carbonyl (C=O) groups is 2. The quantitative estimate of drug-likeness (QED) is 0.131. The summed E-state index contributed by atoms with van der Waals surface area (Å²) in [5.74, 6) is -2.13. The third-order valence-electron chi connectivity index (χ3n) is 6.64. The second kappa shape index (κ2) is 15.5. The van der Waals surface area contributed by atoms with Crippen molar-refractivity contribution >= 4 is 35.1 Å². The average Bonchev–Trinajstić information content (AvgIpc) is 3.00. The van der Waals surface area contributed by atoms with Gasteiger partial charge in [-0.05, 0) is 54.8 Å². The number of benzene rings is 4. The van der Waals surface area contributed by atoms with Gasteiger partial charge in [0.05, 0.1) is 11.4 Å². The van der Waals surface area contributed by atoms with Crippen LogP contribution in [0.1, 0.15) is 29.9 Å². The topological polar surface area (TPSA) is 89.9 Å². The molecule has 41 heavy (non-hydrogen) atoms. The predicted octanol–water partition coefficient (Wildman–Crippen LogP) is 7.20. The zero-order valence-corrected chi connectivity index (χ0v) is 23.5. The van der Waals surface area contributed by atoms with Crippen LogP contribution in [0.4, 0.5) is 11.4 Å². The van der Waals surface area contributed by atoms with Gasteiger partial charge < -0.3 is 20.4 Å². The second-order valence-corrected chi connectivity index (χ2v) is 10.6. The maximum Gasteiger partial charge on any atom is 0.328 e. The molecule has 0 radical (unpaired) electrons. The summed E-state index contributed by atoms with van der Waals surface area (Å²) in [6, 6.07) is 39.2. The van der Waals surface area contributed by atoms with E-state index in [0.717, 1.165) is 32.5 Å². The minimum absolute atomic E-state index is 0.380. The molecule has 3 N–H and O–H groups in total. The first-order valence-electron chi connectivity index (χ1n) is 13.6. The van der Waals surface area contributed by atoms with Crippen LogP contribution in [0.5, 0.6) is 0 Å². The summed E-state index contributed by atoms with van der Waals surface area (Å²) in [7, 11) is 0. The number of rotatable bonds is 11. The minimum atomic E-state index is -1.26. The zero-order valence-electron chi connectivity index (χ0n) is 22.7. The second-order valence-electron chi connectivity index (χ2n) is 9.48. The van der Waals surface area contributed by atoms with Crippen LogP contribution in [0.2, 0.25) is 0 Å². The molecular formula is C34H34N2O4S. The molecule has 4 aromatic carbocycles. The fourth-order valence-electron chi connectivity index (χ4n) is 4.73. The van der Waals surface area contributed by atoms with E-state index in [2.05, 4.69) is 119 Å². The predicted molar refractivity (Wildman–Crippen MR) is 165 cm³/mol. The number of unbranched alkanes of at least 4 members (excludes halogenated alkanes) is 1. The minimum Gasteiger partial charge on any atom is -0.478 e. The lowest BCUT2D eigenvalue weighted by atomic mass is 9.91. The van der Waals surface area contributed by atoms with E-state index in [0.29, 0.717) is 18.1 Å². The molecule has 0 bridgehead atoms. The van der Waals surface area contributed by atoms with Crippen molar-refractivity contribution in [1.29, 1.82) is 0 Å². The highest BCUT2D eigenvalue weighted by Gasteiger charge is 2.22. The van der Waals surface area contributed by atoms with Gasteiger partial charge in [-0.25, -0.2) is 9.59 Å². The Bertz CT molecular complexity index is 1340. The largest absolute Gasteiger partial charge is 0.478 e. The Morgan fingerprint density at radius 3 is 1.63 bits per heavy atom. The van der Waals surface area contributed by atoms with E-state index in [9.17, 15) is 9.59 Å². The third-order valence-corrected chi connectivity index (χ3v) is 7.77. The molecule has 4 aromatic rings. The van der Waals surface area contributed by atoms with E-state index in [-0.39, 0.29) is 0 Å². The van der Waals surface area contributed by atoms with Gasteiger partial charge in [0.25, 0.3) is 0 Å². The molecule has 210 valence electrons. The van der Waals surface area contributed by atoms with Gasteiger partial charge >= 0.3 is 11.9 Å². The number of nitrogens with zero attached hydrogens (tertiary/aromatic N) is 1. The standard InChI is InChI=1S/C30H30N2S.C4H4O4/c1-3-13-24(14-4-1)26(25-15-5-2-6-16-25)23-31-21-11-12-22-32-27-17-7-9-19-29(27)33-30-20-10-8-18-28(30)32;5-3(6)1-2-4(7)8/h1-10,13-20,26,31H,11-12,21-23H2;1-2H,(H,5,6)(H,7,8)/b;2-1-. The summed E-state index contributed by atoms with van der Waals surface area (Å²) < 4.78 is 0. The molecule has 6 nitrogen and oxygen atoms in total. The van der Waals surface area contributed by atoms with Crippen LogP contribution in [-0.2, 0) is 9.59 Å². The summed E-state index contributed by atoms with van der Waals surface area (Å²) in [6.45, 7) is 3.03. The number of fused-ring (bicyclic) bond motifs is 2. The van der Waals surface area contributed by atoms with E-state index in [1.807, 2.05) is 11.8 Å². The number of carboxylic acid groups (broad SMARTS) is 2. The molecule has 0 saturated carbocycles. The van der Waals surface area contributed by atoms with Crippen LogP contribution in [0.15, 0.2) is 131 Å². The van der Waals surface area contributed by atoms with Crippen molar-refractivity contribution in [3.8, 4) is 0 Å². The van der Waals surface area contributed by atoms with Gasteiger partial charge in [-0.15, -0.1) is 0 Å². The van der Waals surface area contributed by atoms with Crippen molar-refractivity contribution in [3.63, 3.8) is 0 Å². The van der Waals surface area contributed by atoms with Crippen molar-refractivity contribution in [2.75, 3.05) is 24.5 Å². The summed E-state index contributed by atoms with van der Waals surface area (Å²) >= 11 is 1.88. The fraction of sp³-hybridized carbons (Fsp3) is 0.176. The van der Waals surface area contributed by atoms with Crippen molar-refractivity contribution in [1.82, 2.24) is 5.32 Å². The number of para-hydroxylation sites is 2. The Balaban J connectivity index is 0.000000426. The van der Waals surface area contributed by atoms with E-state index >= 15 is 0 Å². The number of carboxylic acids is 2. The molecule has 0 saturated heterocycles. The number of nitrogens with one attached hydrogen (secondary N) is 1. The van der Waals surface area contributed by atoms with Gasteiger partial charge in [0, 0.05) is 41.0 Å². The molecule has 5 rings (SSSR count). The molecule has 1 aliphatic heterocycles. The number of aliphatic carboxylic acids is 2. The lowest BCUT2D eigenvalue weighted by molar-refractivity contribution is -0.134. The highest BCUT2D eigenvalue weighted by atomic mass is 32.2. The number of anilines is 2. The zero-order chi connectivity index (χ0) is 28.9. The van der Waals surface area contributed by atoms with Gasteiger partial charge in [0.2, 0.25) is 0 Å².